The van der Waals surface area contributed by atoms with Crippen LogP contribution in [0.4, 0.5) is 5.69 Å². The Morgan fingerprint density at radius 1 is 0.943 bits per heavy atom. The van der Waals surface area contributed by atoms with Gasteiger partial charge >= 0.3 is 0 Å². The number of anilines is 1. The van der Waals surface area contributed by atoms with Crippen LogP contribution in [0.15, 0.2) is 85.1 Å². The summed E-state index contributed by atoms with van der Waals surface area (Å²) in [5.74, 6) is 0.959. The van der Waals surface area contributed by atoms with Crippen LogP contribution in [0, 0.1) is 0 Å². The number of piperazine rings is 1. The maximum Gasteiger partial charge on any atom is 0.234 e. The number of aromatic nitrogens is 1. The maximum absolute atomic E-state index is 11.7. The molecule has 4 aromatic rings. The van der Waals surface area contributed by atoms with E-state index in [9.17, 15) is 4.79 Å². The molecule has 0 aliphatic carbocycles. The predicted octanol–water partition coefficient (Wildman–Crippen LogP) is 4.38. The summed E-state index contributed by atoms with van der Waals surface area (Å²) in [5.41, 5.74) is 5.76. The van der Waals surface area contributed by atoms with Gasteiger partial charge in [0.2, 0.25) is 5.91 Å². The number of hydrogen-bond donors (Lipinski definition) is 1. The summed E-state index contributed by atoms with van der Waals surface area (Å²) in [4.78, 5) is 20.8. The summed E-state index contributed by atoms with van der Waals surface area (Å²) in [6, 6.07) is 27.5. The standard InChI is InChI=1S/C29H30N4O2/c1-35-27-6-2-4-23(16-27)19-33(20-24-7-10-25-5-3-13-30-28(25)17-24)26-11-8-22(9-12-26)18-32-15-14-31-29(34)21-32/h2-13,16-17H,14-15,18-21H2,1H3,(H,31,34). The largest absolute Gasteiger partial charge is 0.497 e. The molecular formula is C29H30N4O2. The number of nitrogens with zero attached hydrogens (tertiary/aromatic N) is 3. The third-order valence-corrected chi connectivity index (χ3v) is 6.38. The lowest BCUT2D eigenvalue weighted by Gasteiger charge is -2.28. The van der Waals surface area contributed by atoms with Gasteiger partial charge in [-0.1, -0.05) is 42.5 Å². The molecule has 35 heavy (non-hydrogen) atoms. The number of fused-ring (bicyclic) bond motifs is 1. The first-order valence-electron chi connectivity index (χ1n) is 12.0. The summed E-state index contributed by atoms with van der Waals surface area (Å²) in [7, 11) is 1.70. The summed E-state index contributed by atoms with van der Waals surface area (Å²) in [6.45, 7) is 4.34. The quantitative estimate of drug-likeness (QED) is 0.418. The van der Waals surface area contributed by atoms with Gasteiger partial charge in [-0.2, -0.15) is 0 Å². The fourth-order valence-corrected chi connectivity index (χ4v) is 4.56. The van der Waals surface area contributed by atoms with Crippen LogP contribution < -0.4 is 15.0 Å². The lowest BCUT2D eigenvalue weighted by atomic mass is 10.1. The average Bonchev–Trinajstić information content (AvgIpc) is 2.89. The molecule has 0 radical (unpaired) electrons. The van der Waals surface area contributed by atoms with E-state index in [-0.39, 0.29) is 5.91 Å². The predicted molar refractivity (Wildman–Crippen MR) is 139 cm³/mol. The molecule has 0 saturated carbocycles. The molecule has 178 valence electrons. The van der Waals surface area contributed by atoms with Crippen molar-refractivity contribution in [3.05, 3.63) is 102 Å². The SMILES string of the molecule is COc1cccc(CN(Cc2ccc3cccnc3c2)c2ccc(CN3CCNC(=O)C3)cc2)c1. The van der Waals surface area contributed by atoms with Crippen molar-refractivity contribution in [2.24, 2.45) is 0 Å². The van der Waals surface area contributed by atoms with Gasteiger partial charge in [-0.3, -0.25) is 14.7 Å². The topological polar surface area (TPSA) is 57.7 Å². The second-order valence-corrected chi connectivity index (χ2v) is 8.97. The molecule has 1 aliphatic rings. The van der Waals surface area contributed by atoms with Gasteiger partial charge in [-0.25, -0.2) is 0 Å². The number of hydrogen-bond acceptors (Lipinski definition) is 5. The van der Waals surface area contributed by atoms with E-state index in [0.29, 0.717) is 13.1 Å². The molecule has 6 nitrogen and oxygen atoms in total. The molecule has 3 aromatic carbocycles. The van der Waals surface area contributed by atoms with E-state index in [1.165, 1.54) is 16.7 Å². The van der Waals surface area contributed by atoms with E-state index in [2.05, 4.69) is 80.8 Å². The summed E-state index contributed by atoms with van der Waals surface area (Å²) in [5, 5.41) is 4.03. The van der Waals surface area contributed by atoms with Crippen LogP contribution >= 0.6 is 0 Å². The minimum Gasteiger partial charge on any atom is -0.497 e. The first-order valence-corrected chi connectivity index (χ1v) is 12.0. The minimum absolute atomic E-state index is 0.0993. The zero-order chi connectivity index (χ0) is 24.0. The van der Waals surface area contributed by atoms with Crippen molar-refractivity contribution in [3.8, 4) is 5.75 Å². The van der Waals surface area contributed by atoms with Gasteiger partial charge in [-0.15, -0.1) is 0 Å². The zero-order valence-electron chi connectivity index (χ0n) is 20.0. The minimum atomic E-state index is 0.0993. The number of rotatable bonds is 8. The van der Waals surface area contributed by atoms with Crippen molar-refractivity contribution in [2.75, 3.05) is 31.6 Å². The van der Waals surface area contributed by atoms with Crippen LogP contribution in [0.5, 0.6) is 5.75 Å². The van der Waals surface area contributed by atoms with E-state index < -0.39 is 0 Å². The van der Waals surface area contributed by atoms with Crippen LogP contribution in [0.2, 0.25) is 0 Å². The van der Waals surface area contributed by atoms with Crippen molar-refractivity contribution >= 4 is 22.5 Å². The first-order chi connectivity index (χ1) is 17.2. The molecule has 1 amide bonds. The molecule has 1 aromatic heterocycles. The van der Waals surface area contributed by atoms with Crippen LogP contribution in [0.3, 0.4) is 0 Å². The zero-order valence-corrected chi connectivity index (χ0v) is 20.0. The fourth-order valence-electron chi connectivity index (χ4n) is 4.56. The van der Waals surface area contributed by atoms with Crippen molar-refractivity contribution in [1.29, 1.82) is 0 Å². The van der Waals surface area contributed by atoms with E-state index in [4.69, 9.17) is 4.74 Å². The van der Waals surface area contributed by atoms with E-state index >= 15 is 0 Å². The third-order valence-electron chi connectivity index (χ3n) is 6.38. The Morgan fingerprint density at radius 2 is 1.74 bits per heavy atom. The van der Waals surface area contributed by atoms with Crippen molar-refractivity contribution < 1.29 is 9.53 Å². The van der Waals surface area contributed by atoms with Crippen molar-refractivity contribution in [3.63, 3.8) is 0 Å². The highest BCUT2D eigenvalue weighted by Crippen LogP contribution is 2.24. The molecule has 0 unspecified atom stereocenters. The maximum atomic E-state index is 11.7. The number of ether oxygens (including phenoxy) is 1. The summed E-state index contributed by atoms with van der Waals surface area (Å²) >= 11 is 0. The lowest BCUT2D eigenvalue weighted by molar-refractivity contribution is -0.124. The second kappa shape index (κ2) is 10.6. The number of nitrogens with one attached hydrogen (secondary N) is 1. The van der Waals surface area contributed by atoms with E-state index in [0.717, 1.165) is 48.5 Å². The molecule has 1 saturated heterocycles. The van der Waals surface area contributed by atoms with Crippen LogP contribution in [0.1, 0.15) is 16.7 Å². The Hall–Kier alpha value is -3.90. The van der Waals surface area contributed by atoms with Gasteiger partial charge in [0.05, 0.1) is 19.2 Å². The molecule has 1 aliphatic heterocycles. The highest BCUT2D eigenvalue weighted by molar-refractivity contribution is 5.79. The van der Waals surface area contributed by atoms with Crippen LogP contribution in [-0.4, -0.2) is 42.5 Å². The Bertz CT molecular complexity index is 1310. The number of carbonyl (C=O) groups excluding carboxylic acids is 1. The van der Waals surface area contributed by atoms with Gasteiger partial charge in [-0.05, 0) is 53.1 Å². The Labute approximate surface area is 206 Å². The molecule has 1 fully saturated rings. The number of carbonyl (C=O) groups is 1. The number of pyridine rings is 1. The normalized spacial score (nSPS) is 14.0. The highest BCUT2D eigenvalue weighted by Gasteiger charge is 2.16. The van der Waals surface area contributed by atoms with Gasteiger partial charge in [0.15, 0.2) is 0 Å². The van der Waals surface area contributed by atoms with Gasteiger partial charge in [0.25, 0.3) is 0 Å². The van der Waals surface area contributed by atoms with Crippen molar-refractivity contribution in [1.82, 2.24) is 15.2 Å². The summed E-state index contributed by atoms with van der Waals surface area (Å²) in [6.07, 6.45) is 1.84. The Kier molecular flexibility index (Phi) is 6.91. The van der Waals surface area contributed by atoms with Crippen LogP contribution in [0.25, 0.3) is 10.9 Å². The molecule has 2 heterocycles. The Balaban J connectivity index is 1.38. The Morgan fingerprint density at radius 3 is 2.54 bits per heavy atom. The van der Waals surface area contributed by atoms with Crippen LogP contribution in [-0.2, 0) is 24.4 Å². The average molecular weight is 467 g/mol. The molecule has 0 atom stereocenters. The first kappa shape index (κ1) is 22.9. The van der Waals surface area contributed by atoms with E-state index in [1.54, 1.807) is 7.11 Å². The molecule has 6 heteroatoms. The van der Waals surface area contributed by atoms with E-state index in [1.807, 2.05) is 24.4 Å². The lowest BCUT2D eigenvalue weighted by Crippen LogP contribution is -2.47. The smallest absolute Gasteiger partial charge is 0.234 e. The monoisotopic (exact) mass is 466 g/mol. The van der Waals surface area contributed by atoms with Gasteiger partial charge in [0.1, 0.15) is 5.75 Å². The van der Waals surface area contributed by atoms with Gasteiger partial charge < -0.3 is 15.0 Å². The second-order valence-electron chi connectivity index (χ2n) is 8.97. The number of benzene rings is 3. The molecule has 0 bridgehead atoms. The van der Waals surface area contributed by atoms with Crippen molar-refractivity contribution in [2.45, 2.75) is 19.6 Å². The molecule has 5 rings (SSSR count). The molecular weight excluding hydrogens is 436 g/mol. The van der Waals surface area contributed by atoms with Gasteiger partial charge in [0, 0.05) is 50.0 Å². The number of amides is 1. The molecule has 0 spiro atoms. The highest BCUT2D eigenvalue weighted by atomic mass is 16.5. The summed E-state index contributed by atoms with van der Waals surface area (Å²) < 4.78 is 5.44. The molecule has 1 N–H and O–H groups in total. The fraction of sp³-hybridized carbons (Fsp3) is 0.241. The number of methoxy groups -OCH3 is 1. The third kappa shape index (κ3) is 5.78.